The second-order valence-corrected chi connectivity index (χ2v) is 9.85. The molecule has 0 aliphatic rings. The average Bonchev–Trinajstić information content (AvgIpc) is 3.15. The summed E-state index contributed by atoms with van der Waals surface area (Å²) in [7, 11) is -2.25. The van der Waals surface area contributed by atoms with E-state index in [1.165, 1.54) is 47.0 Å². The molecule has 1 amide bonds. The van der Waals surface area contributed by atoms with Gasteiger partial charge < -0.3 is 0 Å². The molecule has 0 fully saturated rings. The number of halogens is 1. The molecule has 0 atom stereocenters. The zero-order chi connectivity index (χ0) is 21.3. The van der Waals surface area contributed by atoms with Crippen LogP contribution in [-0.4, -0.2) is 26.4 Å². The number of fused-ring (bicyclic) bond motifs is 1. The highest BCUT2D eigenvalue weighted by atomic mass is 35.5. The maximum Gasteiger partial charge on any atom is 0.264 e. The SMILES string of the molecule is CN(c1ccccc1)S(=O)(=O)c1ccc(C(=O)Nc2nc3ccc(Cl)cc3s2)cc1. The molecule has 0 aliphatic carbocycles. The van der Waals surface area contributed by atoms with Crippen molar-refractivity contribution < 1.29 is 13.2 Å². The standard InChI is InChI=1S/C21H16ClN3O3S2/c1-25(16-5-3-2-4-6-16)30(27,28)17-10-7-14(8-11-17)20(26)24-21-23-18-12-9-15(22)13-19(18)29-21/h2-13H,1H3,(H,23,24,26). The van der Waals surface area contributed by atoms with Gasteiger partial charge in [0.1, 0.15) is 0 Å². The minimum atomic E-state index is -3.74. The van der Waals surface area contributed by atoms with E-state index >= 15 is 0 Å². The third-order valence-electron chi connectivity index (χ3n) is 4.47. The highest BCUT2D eigenvalue weighted by Gasteiger charge is 2.21. The summed E-state index contributed by atoms with van der Waals surface area (Å²) >= 11 is 7.29. The Kier molecular flexibility index (Phi) is 5.46. The fraction of sp³-hybridized carbons (Fsp3) is 0.0476. The lowest BCUT2D eigenvalue weighted by atomic mass is 10.2. The zero-order valence-corrected chi connectivity index (χ0v) is 18.1. The molecule has 9 heteroatoms. The molecule has 1 N–H and O–H groups in total. The van der Waals surface area contributed by atoms with E-state index in [0.29, 0.717) is 21.4 Å². The summed E-state index contributed by atoms with van der Waals surface area (Å²) in [6.07, 6.45) is 0. The lowest BCUT2D eigenvalue weighted by molar-refractivity contribution is 0.102. The number of amides is 1. The van der Waals surface area contributed by atoms with Crippen LogP contribution in [-0.2, 0) is 10.0 Å². The van der Waals surface area contributed by atoms with Gasteiger partial charge in [0.25, 0.3) is 15.9 Å². The molecular formula is C21H16ClN3O3S2. The van der Waals surface area contributed by atoms with Gasteiger partial charge in [0.2, 0.25) is 0 Å². The number of benzene rings is 3. The van der Waals surface area contributed by atoms with Gasteiger partial charge in [-0.3, -0.25) is 14.4 Å². The molecule has 0 saturated carbocycles. The van der Waals surface area contributed by atoms with E-state index in [1.807, 2.05) is 6.07 Å². The molecule has 4 aromatic rings. The van der Waals surface area contributed by atoms with Gasteiger partial charge in [-0.1, -0.05) is 41.1 Å². The molecule has 6 nitrogen and oxygen atoms in total. The van der Waals surface area contributed by atoms with Gasteiger partial charge in [-0.2, -0.15) is 0 Å². The van der Waals surface area contributed by atoms with Crippen molar-refractivity contribution in [3.63, 3.8) is 0 Å². The first-order valence-corrected chi connectivity index (χ1v) is 11.5. The smallest absolute Gasteiger partial charge is 0.264 e. The predicted octanol–water partition coefficient (Wildman–Crippen LogP) is 5.03. The molecule has 152 valence electrons. The third kappa shape index (κ3) is 4.02. The van der Waals surface area contributed by atoms with Crippen molar-refractivity contribution in [1.29, 1.82) is 0 Å². The first-order valence-electron chi connectivity index (χ1n) is 8.86. The molecule has 0 saturated heterocycles. The lowest BCUT2D eigenvalue weighted by Crippen LogP contribution is -2.26. The number of thiazole rings is 1. The van der Waals surface area contributed by atoms with Crippen LogP contribution in [0.15, 0.2) is 77.7 Å². The normalized spacial score (nSPS) is 11.4. The van der Waals surface area contributed by atoms with Gasteiger partial charge in [0.05, 0.1) is 20.8 Å². The molecule has 3 aromatic carbocycles. The molecule has 0 spiro atoms. The zero-order valence-electron chi connectivity index (χ0n) is 15.7. The van der Waals surface area contributed by atoms with Crippen LogP contribution in [0.5, 0.6) is 0 Å². The number of carbonyl (C=O) groups is 1. The highest BCUT2D eigenvalue weighted by molar-refractivity contribution is 7.92. The molecule has 0 radical (unpaired) electrons. The van der Waals surface area contributed by atoms with Crippen molar-refractivity contribution in [2.75, 3.05) is 16.7 Å². The number of nitrogens with zero attached hydrogens (tertiary/aromatic N) is 2. The second-order valence-electron chi connectivity index (χ2n) is 6.42. The van der Waals surface area contributed by atoms with Crippen LogP contribution in [0.3, 0.4) is 0 Å². The summed E-state index contributed by atoms with van der Waals surface area (Å²) < 4.78 is 27.7. The summed E-state index contributed by atoms with van der Waals surface area (Å²) in [5, 5.41) is 3.78. The predicted molar refractivity (Wildman–Crippen MR) is 121 cm³/mol. The van der Waals surface area contributed by atoms with Gasteiger partial charge in [-0.15, -0.1) is 0 Å². The van der Waals surface area contributed by atoms with Crippen LogP contribution in [0.25, 0.3) is 10.2 Å². The van der Waals surface area contributed by atoms with Crippen LogP contribution in [0, 0.1) is 0 Å². The molecule has 30 heavy (non-hydrogen) atoms. The summed E-state index contributed by atoms with van der Waals surface area (Å²) in [6, 6.07) is 19.9. The Hall–Kier alpha value is -2.94. The fourth-order valence-electron chi connectivity index (χ4n) is 2.83. The maximum absolute atomic E-state index is 12.8. The Morgan fingerprint density at radius 3 is 2.43 bits per heavy atom. The van der Waals surface area contributed by atoms with E-state index < -0.39 is 10.0 Å². The summed E-state index contributed by atoms with van der Waals surface area (Å²) in [5.41, 5.74) is 1.62. The number of sulfonamides is 1. The summed E-state index contributed by atoms with van der Waals surface area (Å²) in [5.74, 6) is -0.375. The minimum Gasteiger partial charge on any atom is -0.298 e. The van der Waals surface area contributed by atoms with Crippen LogP contribution in [0.2, 0.25) is 5.02 Å². The first-order chi connectivity index (χ1) is 14.3. The van der Waals surface area contributed by atoms with Crippen molar-refractivity contribution in [3.8, 4) is 0 Å². The monoisotopic (exact) mass is 457 g/mol. The number of hydrogen-bond donors (Lipinski definition) is 1. The van der Waals surface area contributed by atoms with Crippen molar-refractivity contribution in [3.05, 3.63) is 83.4 Å². The molecule has 0 unspecified atom stereocenters. The minimum absolute atomic E-state index is 0.0973. The van der Waals surface area contributed by atoms with Gasteiger partial charge in [0.15, 0.2) is 5.13 Å². The van der Waals surface area contributed by atoms with Crippen LogP contribution in [0.4, 0.5) is 10.8 Å². The molecule has 4 rings (SSSR count). The van der Waals surface area contributed by atoms with E-state index in [-0.39, 0.29) is 10.8 Å². The van der Waals surface area contributed by atoms with Crippen LogP contribution in [0.1, 0.15) is 10.4 Å². The number of para-hydroxylation sites is 1. The Labute approximate surface area is 182 Å². The number of hydrogen-bond acceptors (Lipinski definition) is 5. The number of carbonyl (C=O) groups excluding carboxylic acids is 1. The van der Waals surface area contributed by atoms with E-state index in [9.17, 15) is 13.2 Å². The number of anilines is 2. The number of nitrogens with one attached hydrogen (secondary N) is 1. The van der Waals surface area contributed by atoms with E-state index in [4.69, 9.17) is 11.6 Å². The number of aromatic nitrogens is 1. The van der Waals surface area contributed by atoms with Gasteiger partial charge in [-0.05, 0) is 54.6 Å². The Morgan fingerprint density at radius 2 is 1.73 bits per heavy atom. The Morgan fingerprint density at radius 1 is 1.03 bits per heavy atom. The molecule has 1 aromatic heterocycles. The van der Waals surface area contributed by atoms with Gasteiger partial charge in [-0.25, -0.2) is 13.4 Å². The van der Waals surface area contributed by atoms with Crippen molar-refractivity contribution in [1.82, 2.24) is 4.98 Å². The third-order valence-corrected chi connectivity index (χ3v) is 7.43. The van der Waals surface area contributed by atoms with Crippen molar-refractivity contribution in [2.24, 2.45) is 0 Å². The molecule has 1 heterocycles. The Bertz CT molecular complexity index is 1320. The summed E-state index contributed by atoms with van der Waals surface area (Å²) in [6.45, 7) is 0. The Balaban J connectivity index is 1.53. The first kappa shape index (κ1) is 20.3. The summed E-state index contributed by atoms with van der Waals surface area (Å²) in [4.78, 5) is 17.0. The second kappa shape index (κ2) is 8.06. The van der Waals surface area contributed by atoms with Gasteiger partial charge >= 0.3 is 0 Å². The van der Waals surface area contributed by atoms with Crippen molar-refractivity contribution in [2.45, 2.75) is 4.90 Å². The fourth-order valence-corrected chi connectivity index (χ4v) is 5.17. The average molecular weight is 458 g/mol. The van der Waals surface area contributed by atoms with Crippen LogP contribution < -0.4 is 9.62 Å². The molecule has 0 bridgehead atoms. The van der Waals surface area contributed by atoms with E-state index in [2.05, 4.69) is 10.3 Å². The highest BCUT2D eigenvalue weighted by Crippen LogP contribution is 2.29. The van der Waals surface area contributed by atoms with E-state index in [0.717, 1.165) is 10.2 Å². The van der Waals surface area contributed by atoms with E-state index in [1.54, 1.807) is 42.5 Å². The number of rotatable bonds is 5. The van der Waals surface area contributed by atoms with Crippen LogP contribution >= 0.6 is 22.9 Å². The maximum atomic E-state index is 12.8. The van der Waals surface area contributed by atoms with Crippen molar-refractivity contribution >= 4 is 59.9 Å². The lowest BCUT2D eigenvalue weighted by Gasteiger charge is -2.19. The molecule has 0 aliphatic heterocycles. The largest absolute Gasteiger partial charge is 0.298 e. The molecular weight excluding hydrogens is 442 g/mol. The topological polar surface area (TPSA) is 79.4 Å². The quantitative estimate of drug-likeness (QED) is 0.456. The van der Waals surface area contributed by atoms with Gasteiger partial charge in [0, 0.05) is 17.6 Å².